The highest BCUT2D eigenvalue weighted by Crippen LogP contribution is 2.23. The van der Waals surface area contributed by atoms with E-state index in [9.17, 15) is 9.90 Å². The van der Waals surface area contributed by atoms with Gasteiger partial charge in [0, 0.05) is 0 Å². The van der Waals surface area contributed by atoms with Crippen LogP contribution in [-0.4, -0.2) is 36.4 Å². The van der Waals surface area contributed by atoms with Gasteiger partial charge in [-0.2, -0.15) is 0 Å². The normalized spacial score (nSPS) is 25.8. The minimum atomic E-state index is -0.202. The van der Waals surface area contributed by atoms with Crippen LogP contribution < -0.4 is 5.32 Å². The average molecular weight is 229 g/mol. The number of aliphatic hydroxyl groups is 1. The van der Waals surface area contributed by atoms with E-state index in [-0.39, 0.29) is 24.7 Å². The molecule has 1 fully saturated rings. The molecule has 16 heavy (non-hydrogen) atoms. The smallest absolute Gasteiger partial charge is 0.320 e. The van der Waals surface area contributed by atoms with Crippen molar-refractivity contribution >= 4 is 5.97 Å². The van der Waals surface area contributed by atoms with Crippen molar-refractivity contribution in [2.45, 2.75) is 51.7 Å². The van der Waals surface area contributed by atoms with Gasteiger partial charge in [-0.25, -0.2) is 0 Å². The van der Waals surface area contributed by atoms with Crippen molar-refractivity contribution < 1.29 is 14.6 Å². The molecule has 0 spiro atoms. The van der Waals surface area contributed by atoms with Crippen molar-refractivity contribution in [3.8, 4) is 0 Å². The molecule has 1 aliphatic carbocycles. The molecule has 1 aliphatic rings. The second kappa shape index (κ2) is 6.86. The average Bonchev–Trinajstić information content (AvgIpc) is 2.16. The number of carbonyl (C=O) groups excluding carboxylic acids is 1. The third kappa shape index (κ3) is 5.47. The fourth-order valence-corrected chi connectivity index (χ4v) is 2.13. The monoisotopic (exact) mass is 229 g/mol. The van der Waals surface area contributed by atoms with E-state index in [1.54, 1.807) is 0 Å². The Morgan fingerprint density at radius 2 is 2.25 bits per heavy atom. The zero-order valence-corrected chi connectivity index (χ0v) is 10.2. The number of hydrogen-bond acceptors (Lipinski definition) is 4. The Hall–Kier alpha value is -0.610. The summed E-state index contributed by atoms with van der Waals surface area (Å²) in [6.45, 7) is 4.75. The first-order chi connectivity index (χ1) is 7.58. The lowest BCUT2D eigenvalue weighted by atomic mass is 9.87. The summed E-state index contributed by atoms with van der Waals surface area (Å²) >= 11 is 0. The molecule has 2 atom stereocenters. The van der Waals surface area contributed by atoms with Crippen molar-refractivity contribution in [1.29, 1.82) is 0 Å². The highest BCUT2D eigenvalue weighted by Gasteiger charge is 2.19. The van der Waals surface area contributed by atoms with Crippen molar-refractivity contribution in [2.24, 2.45) is 5.92 Å². The van der Waals surface area contributed by atoms with E-state index >= 15 is 0 Å². The molecule has 4 heteroatoms. The van der Waals surface area contributed by atoms with Crippen LogP contribution in [0, 0.1) is 5.92 Å². The molecule has 0 bridgehead atoms. The summed E-state index contributed by atoms with van der Waals surface area (Å²) in [7, 11) is 0. The molecule has 0 amide bonds. The van der Waals surface area contributed by atoms with Gasteiger partial charge < -0.3 is 15.2 Å². The minimum absolute atomic E-state index is 0.0502. The van der Waals surface area contributed by atoms with E-state index in [1.165, 1.54) is 0 Å². The third-order valence-corrected chi connectivity index (χ3v) is 2.82. The van der Waals surface area contributed by atoms with E-state index < -0.39 is 0 Å². The van der Waals surface area contributed by atoms with Gasteiger partial charge in [0.2, 0.25) is 0 Å². The van der Waals surface area contributed by atoms with Gasteiger partial charge in [0.1, 0.15) is 0 Å². The first kappa shape index (κ1) is 13.5. The molecule has 0 aromatic carbocycles. The van der Waals surface area contributed by atoms with E-state index in [0.717, 1.165) is 32.2 Å². The number of aliphatic hydroxyl groups excluding tert-OH is 1. The summed E-state index contributed by atoms with van der Waals surface area (Å²) in [6, 6.07) is 0. The number of esters is 1. The summed E-state index contributed by atoms with van der Waals surface area (Å²) in [5.74, 6) is 0.293. The molecule has 0 aliphatic heterocycles. The second-order valence-corrected chi connectivity index (χ2v) is 4.86. The Morgan fingerprint density at radius 3 is 2.88 bits per heavy atom. The maximum atomic E-state index is 11.2. The van der Waals surface area contributed by atoms with Gasteiger partial charge in [0.05, 0.1) is 18.8 Å². The molecule has 1 rings (SSSR count). The maximum Gasteiger partial charge on any atom is 0.320 e. The molecule has 0 heterocycles. The van der Waals surface area contributed by atoms with Gasteiger partial charge >= 0.3 is 5.97 Å². The van der Waals surface area contributed by atoms with Crippen LogP contribution >= 0.6 is 0 Å². The maximum absolute atomic E-state index is 11.2. The summed E-state index contributed by atoms with van der Waals surface area (Å²) in [6.07, 6.45) is 3.81. The van der Waals surface area contributed by atoms with Crippen LogP contribution in [0.25, 0.3) is 0 Å². The molecule has 4 nitrogen and oxygen atoms in total. The van der Waals surface area contributed by atoms with Crippen LogP contribution in [0.3, 0.4) is 0 Å². The topological polar surface area (TPSA) is 58.6 Å². The molecule has 1 saturated carbocycles. The van der Waals surface area contributed by atoms with Crippen molar-refractivity contribution in [1.82, 2.24) is 5.32 Å². The van der Waals surface area contributed by atoms with Crippen LogP contribution in [0.4, 0.5) is 0 Å². The van der Waals surface area contributed by atoms with Crippen LogP contribution in [0.2, 0.25) is 0 Å². The zero-order chi connectivity index (χ0) is 12.0. The van der Waals surface area contributed by atoms with E-state index in [0.29, 0.717) is 5.92 Å². The quantitative estimate of drug-likeness (QED) is 0.693. The van der Waals surface area contributed by atoms with Crippen molar-refractivity contribution in [3.63, 3.8) is 0 Å². The molecular formula is C12H23NO3. The number of nitrogens with one attached hydrogen (secondary N) is 1. The summed E-state index contributed by atoms with van der Waals surface area (Å²) in [5, 5.41) is 12.6. The molecule has 2 N–H and O–H groups in total. The first-order valence-corrected chi connectivity index (χ1v) is 6.16. The van der Waals surface area contributed by atoms with Crippen LogP contribution in [-0.2, 0) is 9.53 Å². The molecule has 0 aromatic rings. The Bertz CT molecular complexity index is 218. The van der Waals surface area contributed by atoms with Gasteiger partial charge in [0.25, 0.3) is 0 Å². The number of ether oxygens (including phenoxy) is 1. The Labute approximate surface area is 97.4 Å². The van der Waals surface area contributed by atoms with Gasteiger partial charge in [-0.3, -0.25) is 4.79 Å². The Balaban J connectivity index is 2.08. The molecule has 0 radical (unpaired) electrons. The number of hydrogen-bond donors (Lipinski definition) is 2. The largest absolute Gasteiger partial charge is 0.462 e. The fraction of sp³-hybridized carbons (Fsp3) is 0.917. The SMILES string of the molecule is CC(C)OC(=O)CNCC1CCCC(O)C1. The lowest BCUT2D eigenvalue weighted by Crippen LogP contribution is -2.33. The molecule has 2 unspecified atom stereocenters. The second-order valence-electron chi connectivity index (χ2n) is 4.86. The molecule has 94 valence electrons. The lowest BCUT2D eigenvalue weighted by Gasteiger charge is -2.25. The Kier molecular flexibility index (Phi) is 5.77. The zero-order valence-electron chi connectivity index (χ0n) is 10.2. The predicted octanol–water partition coefficient (Wildman–Crippen LogP) is 1.08. The lowest BCUT2D eigenvalue weighted by molar-refractivity contribution is -0.146. The number of rotatable bonds is 5. The molecular weight excluding hydrogens is 206 g/mol. The highest BCUT2D eigenvalue weighted by molar-refractivity contribution is 5.71. The highest BCUT2D eigenvalue weighted by atomic mass is 16.5. The van der Waals surface area contributed by atoms with Crippen LogP contribution in [0.15, 0.2) is 0 Å². The summed E-state index contributed by atoms with van der Waals surface area (Å²) < 4.78 is 5.01. The van der Waals surface area contributed by atoms with Crippen molar-refractivity contribution in [2.75, 3.05) is 13.1 Å². The van der Waals surface area contributed by atoms with Gasteiger partial charge in [-0.05, 0) is 45.6 Å². The van der Waals surface area contributed by atoms with Crippen LogP contribution in [0.5, 0.6) is 0 Å². The standard InChI is InChI=1S/C12H23NO3/c1-9(2)16-12(15)8-13-7-10-4-3-5-11(14)6-10/h9-11,13-14H,3-8H2,1-2H3. The van der Waals surface area contributed by atoms with E-state index in [4.69, 9.17) is 4.74 Å². The van der Waals surface area contributed by atoms with E-state index in [1.807, 2.05) is 13.8 Å². The molecule has 0 saturated heterocycles. The minimum Gasteiger partial charge on any atom is -0.462 e. The van der Waals surface area contributed by atoms with Gasteiger partial charge in [0.15, 0.2) is 0 Å². The van der Waals surface area contributed by atoms with Crippen LogP contribution in [0.1, 0.15) is 39.5 Å². The van der Waals surface area contributed by atoms with Gasteiger partial charge in [-0.15, -0.1) is 0 Å². The predicted molar refractivity (Wildman–Crippen MR) is 62.1 cm³/mol. The summed E-state index contributed by atoms with van der Waals surface area (Å²) in [5.41, 5.74) is 0. The third-order valence-electron chi connectivity index (χ3n) is 2.82. The van der Waals surface area contributed by atoms with Gasteiger partial charge in [-0.1, -0.05) is 6.42 Å². The number of carbonyl (C=O) groups is 1. The van der Waals surface area contributed by atoms with Crippen molar-refractivity contribution in [3.05, 3.63) is 0 Å². The fourth-order valence-electron chi connectivity index (χ4n) is 2.13. The van der Waals surface area contributed by atoms with E-state index in [2.05, 4.69) is 5.32 Å². The summed E-state index contributed by atoms with van der Waals surface area (Å²) in [4.78, 5) is 11.2. The molecule has 0 aromatic heterocycles. The first-order valence-electron chi connectivity index (χ1n) is 6.16. The Morgan fingerprint density at radius 1 is 1.50 bits per heavy atom.